The summed E-state index contributed by atoms with van der Waals surface area (Å²) in [6.45, 7) is 2.12. The van der Waals surface area contributed by atoms with Crippen LogP contribution in [0.2, 0.25) is 0 Å². The summed E-state index contributed by atoms with van der Waals surface area (Å²) in [6, 6.07) is 4.05. The van der Waals surface area contributed by atoms with Gasteiger partial charge in [-0.25, -0.2) is 0 Å². The van der Waals surface area contributed by atoms with Crippen LogP contribution in [0.15, 0.2) is 28.6 Å². The lowest BCUT2D eigenvalue weighted by atomic mass is 10.1. The van der Waals surface area contributed by atoms with E-state index in [4.69, 9.17) is 9.68 Å². The van der Waals surface area contributed by atoms with Gasteiger partial charge in [-0.3, -0.25) is 0 Å². The van der Waals surface area contributed by atoms with Gasteiger partial charge in [0.05, 0.1) is 18.6 Å². The second kappa shape index (κ2) is 5.21. The van der Waals surface area contributed by atoms with E-state index >= 15 is 0 Å². The summed E-state index contributed by atoms with van der Waals surface area (Å²) in [6.07, 6.45) is 8.17. The van der Waals surface area contributed by atoms with Crippen LogP contribution in [0.4, 0.5) is 0 Å². The van der Waals surface area contributed by atoms with Crippen LogP contribution in [0, 0.1) is 11.3 Å². The number of allylic oxidation sites excluding steroid dienone is 1. The second-order valence-corrected chi connectivity index (χ2v) is 2.94. The molecule has 0 saturated heterocycles. The van der Waals surface area contributed by atoms with E-state index in [0.717, 1.165) is 30.4 Å². The Morgan fingerprint density at radius 2 is 2.54 bits per heavy atom. The lowest BCUT2D eigenvalue weighted by molar-refractivity contribution is 0.567. The van der Waals surface area contributed by atoms with Gasteiger partial charge in [0, 0.05) is 11.1 Å². The minimum absolute atomic E-state index is 0.822. The van der Waals surface area contributed by atoms with Crippen LogP contribution in [0.3, 0.4) is 0 Å². The summed E-state index contributed by atoms with van der Waals surface area (Å²) in [4.78, 5) is 0. The molecule has 0 amide bonds. The first-order valence-electron chi connectivity index (χ1n) is 4.49. The fourth-order valence-corrected chi connectivity index (χ4v) is 1.09. The van der Waals surface area contributed by atoms with Crippen LogP contribution in [0.25, 0.3) is 6.08 Å². The number of nitriles is 1. The van der Waals surface area contributed by atoms with Gasteiger partial charge in [-0.05, 0) is 25.0 Å². The number of hydrogen-bond acceptors (Lipinski definition) is 2. The summed E-state index contributed by atoms with van der Waals surface area (Å²) in [5.74, 6) is 0. The molecular weight excluding hydrogens is 162 g/mol. The zero-order valence-electron chi connectivity index (χ0n) is 7.79. The first-order chi connectivity index (χ1) is 6.36. The van der Waals surface area contributed by atoms with E-state index in [1.54, 1.807) is 12.5 Å². The fourth-order valence-electron chi connectivity index (χ4n) is 1.09. The number of rotatable bonds is 4. The molecule has 0 aromatic carbocycles. The lowest BCUT2D eigenvalue weighted by Crippen LogP contribution is -1.79. The molecule has 1 heterocycles. The Morgan fingerprint density at radius 1 is 1.69 bits per heavy atom. The van der Waals surface area contributed by atoms with Crippen molar-refractivity contribution >= 4 is 6.08 Å². The molecule has 0 radical (unpaired) electrons. The first kappa shape index (κ1) is 9.60. The van der Waals surface area contributed by atoms with E-state index in [9.17, 15) is 0 Å². The first-order valence-corrected chi connectivity index (χ1v) is 4.49. The zero-order valence-corrected chi connectivity index (χ0v) is 7.79. The van der Waals surface area contributed by atoms with Crippen molar-refractivity contribution in [1.29, 1.82) is 5.26 Å². The Morgan fingerprint density at radius 3 is 3.08 bits per heavy atom. The van der Waals surface area contributed by atoms with E-state index in [1.807, 2.05) is 12.1 Å². The minimum Gasteiger partial charge on any atom is -0.472 e. The van der Waals surface area contributed by atoms with Gasteiger partial charge in [0.25, 0.3) is 0 Å². The average molecular weight is 175 g/mol. The Bertz CT molecular complexity index is 303. The molecule has 0 fully saturated rings. The highest BCUT2D eigenvalue weighted by atomic mass is 16.3. The SMILES string of the molecule is CCCC/C(C#N)=C\c1ccoc1. The third-order valence-electron chi connectivity index (χ3n) is 1.83. The fraction of sp³-hybridized carbons (Fsp3) is 0.364. The molecule has 0 saturated carbocycles. The summed E-state index contributed by atoms with van der Waals surface area (Å²) < 4.78 is 4.91. The molecule has 0 aliphatic heterocycles. The zero-order chi connectivity index (χ0) is 9.52. The maximum absolute atomic E-state index is 8.80. The van der Waals surface area contributed by atoms with Gasteiger partial charge in [0.1, 0.15) is 0 Å². The van der Waals surface area contributed by atoms with E-state index in [1.165, 1.54) is 0 Å². The maximum atomic E-state index is 8.80. The molecule has 68 valence electrons. The highest BCUT2D eigenvalue weighted by molar-refractivity contribution is 5.55. The quantitative estimate of drug-likeness (QED) is 0.658. The van der Waals surface area contributed by atoms with Crippen molar-refractivity contribution < 1.29 is 4.42 Å². The van der Waals surface area contributed by atoms with Gasteiger partial charge in [0.15, 0.2) is 0 Å². The molecule has 0 spiro atoms. The van der Waals surface area contributed by atoms with Crippen molar-refractivity contribution in [3.63, 3.8) is 0 Å². The molecule has 0 bridgehead atoms. The molecule has 1 aromatic heterocycles. The molecule has 1 aromatic rings. The highest BCUT2D eigenvalue weighted by Crippen LogP contribution is 2.12. The van der Waals surface area contributed by atoms with Crippen LogP contribution in [-0.4, -0.2) is 0 Å². The maximum Gasteiger partial charge on any atom is 0.0975 e. The predicted molar refractivity (Wildman–Crippen MR) is 51.8 cm³/mol. The van der Waals surface area contributed by atoms with Crippen LogP contribution in [0.1, 0.15) is 31.7 Å². The summed E-state index contributed by atoms with van der Waals surface area (Å²) in [5.41, 5.74) is 1.79. The van der Waals surface area contributed by atoms with E-state index in [-0.39, 0.29) is 0 Å². The third kappa shape index (κ3) is 3.16. The molecule has 13 heavy (non-hydrogen) atoms. The molecule has 0 aliphatic rings. The van der Waals surface area contributed by atoms with Crippen molar-refractivity contribution in [3.05, 3.63) is 29.7 Å². The van der Waals surface area contributed by atoms with Crippen molar-refractivity contribution in [2.75, 3.05) is 0 Å². The van der Waals surface area contributed by atoms with E-state index in [2.05, 4.69) is 13.0 Å². The summed E-state index contributed by atoms with van der Waals surface area (Å²) in [5, 5.41) is 8.80. The number of hydrogen-bond donors (Lipinski definition) is 0. The second-order valence-electron chi connectivity index (χ2n) is 2.94. The summed E-state index contributed by atoms with van der Waals surface area (Å²) in [7, 11) is 0. The molecule has 2 heteroatoms. The van der Waals surface area contributed by atoms with Gasteiger partial charge < -0.3 is 4.42 Å². The van der Waals surface area contributed by atoms with Crippen molar-refractivity contribution in [1.82, 2.24) is 0 Å². The number of unbranched alkanes of at least 4 members (excludes halogenated alkanes) is 1. The molecule has 2 nitrogen and oxygen atoms in total. The smallest absolute Gasteiger partial charge is 0.0975 e. The predicted octanol–water partition coefficient (Wildman–Crippen LogP) is 3.38. The van der Waals surface area contributed by atoms with E-state index < -0.39 is 0 Å². The normalized spacial score (nSPS) is 11.2. The van der Waals surface area contributed by atoms with Crippen LogP contribution < -0.4 is 0 Å². The molecule has 0 unspecified atom stereocenters. The molecule has 0 atom stereocenters. The largest absolute Gasteiger partial charge is 0.472 e. The minimum atomic E-state index is 0.822. The van der Waals surface area contributed by atoms with Gasteiger partial charge in [0.2, 0.25) is 0 Å². The molecular formula is C11H13NO. The van der Waals surface area contributed by atoms with Crippen molar-refractivity contribution in [2.45, 2.75) is 26.2 Å². The van der Waals surface area contributed by atoms with E-state index in [0.29, 0.717) is 0 Å². The third-order valence-corrected chi connectivity index (χ3v) is 1.83. The standard InChI is InChI=1S/C11H13NO/c1-2-3-4-10(8-12)7-11-5-6-13-9-11/h5-7,9H,2-4H2,1H3/b10-7+. The number of furan rings is 1. The Kier molecular flexibility index (Phi) is 3.84. The topological polar surface area (TPSA) is 36.9 Å². The molecule has 1 rings (SSSR count). The van der Waals surface area contributed by atoms with Gasteiger partial charge in [-0.2, -0.15) is 5.26 Å². The molecule has 0 N–H and O–H groups in total. The average Bonchev–Trinajstić information content (AvgIpc) is 2.64. The summed E-state index contributed by atoms with van der Waals surface area (Å²) >= 11 is 0. The van der Waals surface area contributed by atoms with Gasteiger partial charge in [-0.15, -0.1) is 0 Å². The van der Waals surface area contributed by atoms with Crippen molar-refractivity contribution in [3.8, 4) is 6.07 Å². The van der Waals surface area contributed by atoms with Crippen LogP contribution >= 0.6 is 0 Å². The Labute approximate surface area is 78.5 Å². The lowest BCUT2D eigenvalue weighted by Gasteiger charge is -1.94. The van der Waals surface area contributed by atoms with Crippen molar-refractivity contribution in [2.24, 2.45) is 0 Å². The monoisotopic (exact) mass is 175 g/mol. The number of nitrogens with zero attached hydrogens (tertiary/aromatic N) is 1. The van der Waals surface area contributed by atoms with Crippen LogP contribution in [-0.2, 0) is 0 Å². The van der Waals surface area contributed by atoms with Gasteiger partial charge >= 0.3 is 0 Å². The van der Waals surface area contributed by atoms with Gasteiger partial charge in [-0.1, -0.05) is 13.3 Å². The molecule has 0 aliphatic carbocycles. The Hall–Kier alpha value is -1.49. The highest BCUT2D eigenvalue weighted by Gasteiger charge is 1.96. The Balaban J connectivity index is 2.62. The van der Waals surface area contributed by atoms with Crippen LogP contribution in [0.5, 0.6) is 0 Å².